The molecule has 0 bridgehead atoms. The van der Waals surface area contributed by atoms with E-state index in [0.29, 0.717) is 5.65 Å². The topological polar surface area (TPSA) is 89.6 Å². The second kappa shape index (κ2) is 9.59. The Balaban J connectivity index is 1.23. The zero-order chi connectivity index (χ0) is 24.6. The minimum atomic E-state index is 0.688. The zero-order valence-corrected chi connectivity index (χ0v) is 21.1. The van der Waals surface area contributed by atoms with E-state index in [-0.39, 0.29) is 0 Å². The van der Waals surface area contributed by atoms with E-state index >= 15 is 0 Å². The molecule has 0 saturated carbocycles. The SMILES string of the molecule is c1cc(N2CCCCC2)c2nc(-c3[nH]nc4ncc(-c5cncc(CN6CCCCC6)c5)cc34)[nH]c2c1. The van der Waals surface area contributed by atoms with Gasteiger partial charge in [-0.2, -0.15) is 5.10 Å². The van der Waals surface area contributed by atoms with Gasteiger partial charge in [0, 0.05) is 49.4 Å². The summed E-state index contributed by atoms with van der Waals surface area (Å²) in [5.74, 6) is 0.790. The molecule has 2 N–H and O–H groups in total. The van der Waals surface area contributed by atoms with Crippen LogP contribution in [0, 0.1) is 0 Å². The third-order valence-electron chi connectivity index (χ3n) is 7.82. The molecule has 0 atom stereocenters. The van der Waals surface area contributed by atoms with E-state index < -0.39 is 0 Å². The van der Waals surface area contributed by atoms with Crippen molar-refractivity contribution in [2.24, 2.45) is 0 Å². The van der Waals surface area contributed by atoms with Crippen LogP contribution in [0.4, 0.5) is 5.69 Å². The summed E-state index contributed by atoms with van der Waals surface area (Å²) in [5.41, 5.74) is 8.17. The highest BCUT2D eigenvalue weighted by Gasteiger charge is 2.19. The molecule has 37 heavy (non-hydrogen) atoms. The van der Waals surface area contributed by atoms with Crippen LogP contribution in [0.25, 0.3) is 44.7 Å². The van der Waals surface area contributed by atoms with Gasteiger partial charge in [0.1, 0.15) is 11.2 Å². The molecule has 5 aromatic rings. The van der Waals surface area contributed by atoms with Crippen LogP contribution in [0.5, 0.6) is 0 Å². The van der Waals surface area contributed by atoms with Crippen LogP contribution in [-0.2, 0) is 6.54 Å². The number of rotatable bonds is 5. The molecule has 2 fully saturated rings. The second-order valence-corrected chi connectivity index (χ2v) is 10.4. The van der Waals surface area contributed by atoms with E-state index in [0.717, 1.165) is 58.7 Å². The molecule has 0 aliphatic carbocycles. The van der Waals surface area contributed by atoms with Crippen LogP contribution >= 0.6 is 0 Å². The minimum Gasteiger partial charge on any atom is -0.370 e. The number of likely N-dealkylation sites (tertiary alicyclic amines) is 1. The van der Waals surface area contributed by atoms with Crippen molar-refractivity contribution in [1.82, 2.24) is 35.0 Å². The Morgan fingerprint density at radius 2 is 1.65 bits per heavy atom. The molecular formula is C29H32N8. The zero-order valence-electron chi connectivity index (χ0n) is 21.1. The first-order chi connectivity index (χ1) is 18.3. The number of anilines is 1. The molecule has 2 aliphatic heterocycles. The standard InChI is InChI=1S/C29H32N8/c1-3-10-36(11-4-1)19-20-14-21(17-30-16-20)22-15-23-26(34-35-28(23)31-18-22)29-32-24-8-7-9-25(27(24)33-29)37-12-5-2-6-13-37/h7-9,14-18H,1-6,10-13,19H2,(H,32,33)(H,31,34,35). The summed E-state index contributed by atoms with van der Waals surface area (Å²) in [5, 5.41) is 8.63. The maximum atomic E-state index is 5.05. The van der Waals surface area contributed by atoms with Crippen molar-refractivity contribution in [2.45, 2.75) is 45.1 Å². The molecule has 7 rings (SSSR count). The minimum absolute atomic E-state index is 0.688. The Kier molecular flexibility index (Phi) is 5.81. The van der Waals surface area contributed by atoms with Gasteiger partial charge in [0.05, 0.1) is 16.6 Å². The van der Waals surface area contributed by atoms with Gasteiger partial charge in [0.25, 0.3) is 0 Å². The van der Waals surface area contributed by atoms with E-state index in [2.05, 4.69) is 65.3 Å². The van der Waals surface area contributed by atoms with Gasteiger partial charge in [-0.05, 0) is 75.0 Å². The van der Waals surface area contributed by atoms with Gasteiger partial charge in [-0.25, -0.2) is 9.97 Å². The van der Waals surface area contributed by atoms with Crippen molar-refractivity contribution in [3.05, 3.63) is 54.5 Å². The predicted molar refractivity (Wildman–Crippen MR) is 147 cm³/mol. The lowest BCUT2D eigenvalue weighted by molar-refractivity contribution is 0.220. The maximum absolute atomic E-state index is 5.05. The molecule has 0 amide bonds. The fourth-order valence-corrected chi connectivity index (χ4v) is 5.87. The first-order valence-corrected chi connectivity index (χ1v) is 13.6. The van der Waals surface area contributed by atoms with Crippen LogP contribution < -0.4 is 4.90 Å². The predicted octanol–water partition coefficient (Wildman–Crippen LogP) is 5.54. The summed E-state index contributed by atoms with van der Waals surface area (Å²) in [6, 6.07) is 10.8. The van der Waals surface area contributed by atoms with E-state index in [1.54, 1.807) is 0 Å². The van der Waals surface area contributed by atoms with Crippen molar-refractivity contribution in [3.8, 4) is 22.6 Å². The monoisotopic (exact) mass is 492 g/mol. The van der Waals surface area contributed by atoms with Crippen molar-refractivity contribution in [1.29, 1.82) is 0 Å². The molecule has 1 aromatic carbocycles. The van der Waals surface area contributed by atoms with Gasteiger partial charge < -0.3 is 9.88 Å². The fraction of sp³-hybridized carbons (Fsp3) is 0.379. The number of benzene rings is 1. The van der Waals surface area contributed by atoms with Crippen molar-refractivity contribution in [2.75, 3.05) is 31.1 Å². The van der Waals surface area contributed by atoms with Gasteiger partial charge in [0.2, 0.25) is 0 Å². The van der Waals surface area contributed by atoms with Crippen molar-refractivity contribution >= 4 is 27.8 Å². The van der Waals surface area contributed by atoms with Crippen molar-refractivity contribution < 1.29 is 0 Å². The highest BCUT2D eigenvalue weighted by atomic mass is 15.2. The Hall–Kier alpha value is -3.78. The van der Waals surface area contributed by atoms with Crippen LogP contribution in [0.15, 0.2) is 48.9 Å². The summed E-state index contributed by atoms with van der Waals surface area (Å²) in [6.07, 6.45) is 13.5. The lowest BCUT2D eigenvalue weighted by Gasteiger charge is -2.28. The molecular weight excluding hydrogens is 460 g/mol. The number of fused-ring (bicyclic) bond motifs is 2. The number of para-hydroxylation sites is 1. The molecule has 4 aromatic heterocycles. The van der Waals surface area contributed by atoms with Gasteiger partial charge in [-0.1, -0.05) is 12.5 Å². The highest BCUT2D eigenvalue weighted by Crippen LogP contribution is 2.33. The van der Waals surface area contributed by atoms with E-state index in [1.807, 2.05) is 18.6 Å². The number of hydrogen-bond donors (Lipinski definition) is 2. The van der Waals surface area contributed by atoms with Crippen molar-refractivity contribution in [3.63, 3.8) is 0 Å². The van der Waals surface area contributed by atoms with Crippen LogP contribution in [0.1, 0.15) is 44.1 Å². The summed E-state index contributed by atoms with van der Waals surface area (Å²) in [6.45, 7) is 5.48. The molecule has 0 spiro atoms. The van der Waals surface area contributed by atoms with Gasteiger partial charge in [0.15, 0.2) is 11.5 Å². The first kappa shape index (κ1) is 22.4. The number of hydrogen-bond acceptors (Lipinski definition) is 6. The third kappa shape index (κ3) is 4.35. The van der Waals surface area contributed by atoms with Crippen LogP contribution in [0.3, 0.4) is 0 Å². The van der Waals surface area contributed by atoms with E-state index in [1.165, 1.54) is 62.9 Å². The normalized spacial score (nSPS) is 17.1. The number of imidazole rings is 1. The molecule has 188 valence electrons. The lowest BCUT2D eigenvalue weighted by Crippen LogP contribution is -2.29. The molecule has 8 heteroatoms. The molecule has 0 unspecified atom stereocenters. The average Bonchev–Trinajstić information content (AvgIpc) is 3.58. The molecule has 2 aliphatic rings. The summed E-state index contributed by atoms with van der Waals surface area (Å²) < 4.78 is 0. The summed E-state index contributed by atoms with van der Waals surface area (Å²) in [7, 11) is 0. The van der Waals surface area contributed by atoms with E-state index in [9.17, 15) is 0 Å². The Bertz CT molecular complexity index is 1540. The van der Waals surface area contributed by atoms with E-state index in [4.69, 9.17) is 4.98 Å². The number of pyridine rings is 2. The Morgan fingerprint density at radius 3 is 2.51 bits per heavy atom. The molecule has 8 nitrogen and oxygen atoms in total. The van der Waals surface area contributed by atoms with Gasteiger partial charge in [-0.3, -0.25) is 15.0 Å². The van der Waals surface area contributed by atoms with Crippen LogP contribution in [-0.4, -0.2) is 61.2 Å². The number of aromatic amines is 2. The second-order valence-electron chi connectivity index (χ2n) is 10.4. The average molecular weight is 493 g/mol. The molecule has 0 radical (unpaired) electrons. The number of nitrogens with one attached hydrogen (secondary N) is 2. The Morgan fingerprint density at radius 1 is 0.838 bits per heavy atom. The fourth-order valence-electron chi connectivity index (χ4n) is 5.87. The number of H-pyrrole nitrogens is 2. The van der Waals surface area contributed by atoms with Crippen LogP contribution in [0.2, 0.25) is 0 Å². The Labute approximate surface area is 216 Å². The number of aromatic nitrogens is 6. The molecule has 6 heterocycles. The quantitative estimate of drug-likeness (QED) is 0.335. The third-order valence-corrected chi connectivity index (χ3v) is 7.82. The highest BCUT2D eigenvalue weighted by molar-refractivity contribution is 5.96. The van der Waals surface area contributed by atoms with Gasteiger partial charge >= 0.3 is 0 Å². The smallest absolute Gasteiger partial charge is 0.181 e. The maximum Gasteiger partial charge on any atom is 0.181 e. The van der Waals surface area contributed by atoms with Gasteiger partial charge in [-0.15, -0.1) is 0 Å². The molecule has 2 saturated heterocycles. The summed E-state index contributed by atoms with van der Waals surface area (Å²) >= 11 is 0. The number of nitrogens with zero attached hydrogens (tertiary/aromatic N) is 6. The number of piperidine rings is 2. The lowest BCUT2D eigenvalue weighted by atomic mass is 10.1. The summed E-state index contributed by atoms with van der Waals surface area (Å²) in [4.78, 5) is 22.8. The largest absolute Gasteiger partial charge is 0.370 e. The first-order valence-electron chi connectivity index (χ1n) is 13.6.